The van der Waals surface area contributed by atoms with Crippen molar-refractivity contribution in [3.05, 3.63) is 29.8 Å². The molecule has 0 atom stereocenters. The number of hydrogen-bond acceptors (Lipinski definition) is 4. The maximum atomic E-state index is 11.3. The molecule has 0 amide bonds. The van der Waals surface area contributed by atoms with Crippen molar-refractivity contribution < 1.29 is 41.8 Å². The third kappa shape index (κ3) is 20.6. The molecule has 0 aromatic heterocycles. The first-order chi connectivity index (χ1) is 13.8. The molecule has 0 saturated heterocycles. The second kappa shape index (κ2) is 20.9. The Morgan fingerprint density at radius 2 is 1.21 bits per heavy atom. The van der Waals surface area contributed by atoms with Crippen LogP contribution in [0.15, 0.2) is 29.2 Å². The van der Waals surface area contributed by atoms with Crippen molar-refractivity contribution in [1.82, 2.24) is 0 Å². The average molecular weight is 464 g/mol. The molecule has 1 rings (SSSR count). The Morgan fingerprint density at radius 3 is 1.62 bits per heavy atom. The maximum absolute atomic E-state index is 11.3. The fourth-order valence-corrected chi connectivity index (χ4v) is 3.69. The molecule has 0 aliphatic rings. The summed E-state index contributed by atoms with van der Waals surface area (Å²) >= 11 is 0.750. The molecular weight excluding hydrogens is 424 g/mol. The van der Waals surface area contributed by atoms with Gasteiger partial charge in [-0.05, 0) is 38.3 Å². The first kappa shape index (κ1) is 30.8. The van der Waals surface area contributed by atoms with Gasteiger partial charge in [0.1, 0.15) is 0 Å². The summed E-state index contributed by atoms with van der Waals surface area (Å²) in [4.78, 5) is 0.0621. The zero-order valence-electron chi connectivity index (χ0n) is 18.4. The first-order valence-corrected chi connectivity index (χ1v) is 12.8. The summed E-state index contributed by atoms with van der Waals surface area (Å²) in [5.74, 6) is 0. The van der Waals surface area contributed by atoms with Gasteiger partial charge in [-0.2, -0.15) is 8.42 Å². The van der Waals surface area contributed by atoms with Crippen LogP contribution in [0.1, 0.15) is 97.0 Å². The number of hydrogen-bond donors (Lipinski definition) is 2. The second-order valence-corrected chi connectivity index (χ2v) is 8.85. The quantitative estimate of drug-likeness (QED) is 0.211. The van der Waals surface area contributed by atoms with E-state index in [1.807, 2.05) is 6.07 Å². The van der Waals surface area contributed by atoms with Gasteiger partial charge >= 0.3 is 23.7 Å². The Labute approximate surface area is 190 Å². The summed E-state index contributed by atoms with van der Waals surface area (Å²) in [7, 11) is -4.10. The number of rotatable bonds is 13. The van der Waals surface area contributed by atoms with Crippen molar-refractivity contribution in [1.29, 1.82) is 0 Å². The Kier molecular flexibility index (Phi) is 22.2. The fraction of sp³-hybridized carbons (Fsp3) is 0.727. The zero-order valence-corrected chi connectivity index (χ0v) is 20.8. The van der Waals surface area contributed by atoms with Crippen molar-refractivity contribution in [2.75, 3.05) is 0 Å². The molecule has 0 spiro atoms. The normalized spacial score (nSPS) is 10.7. The van der Waals surface area contributed by atoms with Crippen LogP contribution in [0.2, 0.25) is 0 Å². The number of aryl methyl sites for hydroxylation is 1. The van der Waals surface area contributed by atoms with E-state index in [0.29, 0.717) is 6.42 Å². The van der Waals surface area contributed by atoms with E-state index in [2.05, 4.69) is 6.92 Å². The molecule has 0 fully saturated rings. The van der Waals surface area contributed by atoms with Gasteiger partial charge in [0.2, 0.25) is 0 Å². The fourth-order valence-electron chi connectivity index (χ4n) is 2.94. The van der Waals surface area contributed by atoms with Crippen molar-refractivity contribution in [2.24, 2.45) is 0 Å². The Hall–Kier alpha value is -0.396. The van der Waals surface area contributed by atoms with E-state index < -0.39 is 10.1 Å². The summed E-state index contributed by atoms with van der Waals surface area (Å²) in [5, 5.41) is 8.06. The third-order valence-electron chi connectivity index (χ3n) is 4.30. The van der Waals surface area contributed by atoms with E-state index in [4.69, 9.17) is 8.43 Å². The number of unbranched alkanes of at least 4 members (excludes halogenated alkanes) is 10. The Balaban J connectivity index is 0. The molecule has 1 aromatic rings. The molecule has 2 N–H and O–H groups in total. The van der Waals surface area contributed by atoms with Gasteiger partial charge in [0, 0.05) is 6.10 Å². The first-order valence-electron chi connectivity index (χ1n) is 10.7. The van der Waals surface area contributed by atoms with Crippen LogP contribution < -0.4 is 0 Å². The predicted molar refractivity (Wildman–Crippen MR) is 114 cm³/mol. The standard InChI is InChI=1S/C19H32O3S.C3H8O.O.Ti/c1-2-3-4-5-6-7-8-9-10-11-12-15-18-16-13-14-17-19(18)23(20,21)22;1-3(2)4;;/h13-14,16-17H,2-12,15H2,1H3,(H,20,21,22);3-4H,1-2H3;;. The van der Waals surface area contributed by atoms with Crippen LogP contribution in [0.4, 0.5) is 0 Å². The van der Waals surface area contributed by atoms with Gasteiger partial charge in [-0.15, -0.1) is 0 Å². The molecule has 0 bridgehead atoms. The summed E-state index contributed by atoms with van der Waals surface area (Å²) in [6.07, 6.45) is 14.6. The van der Waals surface area contributed by atoms with Crippen LogP contribution >= 0.6 is 0 Å². The second-order valence-electron chi connectivity index (χ2n) is 7.46. The van der Waals surface area contributed by atoms with Crippen LogP contribution in [-0.2, 0) is 40.3 Å². The summed E-state index contributed by atoms with van der Waals surface area (Å²) in [5.41, 5.74) is 0.728. The predicted octanol–water partition coefficient (Wildman–Crippen LogP) is 6.05. The number of aliphatic hydroxyl groups excluding tert-OH is 1. The molecule has 168 valence electrons. The average Bonchev–Trinajstić information content (AvgIpc) is 2.67. The van der Waals surface area contributed by atoms with Crippen LogP contribution in [-0.4, -0.2) is 24.2 Å². The van der Waals surface area contributed by atoms with Gasteiger partial charge in [-0.25, -0.2) is 0 Å². The molecular formula is C22H40O5STi. The molecule has 5 nitrogen and oxygen atoms in total. The molecule has 1 aromatic carbocycles. The van der Waals surface area contributed by atoms with E-state index in [1.165, 1.54) is 63.9 Å². The molecule has 0 unspecified atom stereocenters. The third-order valence-corrected chi connectivity index (χ3v) is 5.25. The molecule has 0 aliphatic carbocycles. The molecule has 29 heavy (non-hydrogen) atoms. The van der Waals surface area contributed by atoms with Gasteiger partial charge in [-0.3, -0.25) is 4.55 Å². The van der Waals surface area contributed by atoms with Crippen molar-refractivity contribution >= 4 is 10.1 Å². The van der Waals surface area contributed by atoms with Crippen LogP contribution in [0, 0.1) is 0 Å². The van der Waals surface area contributed by atoms with Gasteiger partial charge in [0.15, 0.2) is 0 Å². The van der Waals surface area contributed by atoms with Gasteiger partial charge in [-0.1, -0.05) is 89.3 Å². The van der Waals surface area contributed by atoms with E-state index in [-0.39, 0.29) is 11.0 Å². The van der Waals surface area contributed by atoms with Crippen LogP contribution in [0.5, 0.6) is 0 Å². The minimum atomic E-state index is -4.10. The summed E-state index contributed by atoms with van der Waals surface area (Å²) in [6.45, 7) is 5.69. The SMILES string of the molecule is CC(C)O.CCCCCCCCCCCCCc1ccccc1S(=O)(=O)O.[O]=[Ti]. The zero-order chi connectivity index (χ0) is 22.5. The molecule has 0 saturated carbocycles. The Morgan fingerprint density at radius 1 is 0.828 bits per heavy atom. The minimum absolute atomic E-state index is 0.0621. The molecule has 0 aliphatic heterocycles. The topological polar surface area (TPSA) is 91.7 Å². The van der Waals surface area contributed by atoms with Crippen molar-refractivity contribution in [3.63, 3.8) is 0 Å². The van der Waals surface area contributed by atoms with Gasteiger partial charge in [0.05, 0.1) is 4.90 Å². The molecule has 0 radical (unpaired) electrons. The Bertz CT molecular complexity index is 588. The molecule has 7 heteroatoms. The number of aliphatic hydroxyl groups is 1. The van der Waals surface area contributed by atoms with Crippen molar-refractivity contribution in [2.45, 2.75) is 109 Å². The summed E-state index contributed by atoms with van der Waals surface area (Å²) in [6, 6.07) is 6.73. The molecule has 0 heterocycles. The van der Waals surface area contributed by atoms with E-state index in [9.17, 15) is 13.0 Å². The van der Waals surface area contributed by atoms with Gasteiger partial charge in [0.25, 0.3) is 10.1 Å². The van der Waals surface area contributed by atoms with E-state index in [1.54, 1.807) is 26.0 Å². The monoisotopic (exact) mass is 464 g/mol. The van der Waals surface area contributed by atoms with Crippen LogP contribution in [0.25, 0.3) is 0 Å². The van der Waals surface area contributed by atoms with E-state index in [0.717, 1.165) is 38.8 Å². The van der Waals surface area contributed by atoms with Crippen LogP contribution in [0.3, 0.4) is 0 Å². The van der Waals surface area contributed by atoms with Gasteiger partial charge < -0.3 is 5.11 Å². The van der Waals surface area contributed by atoms with E-state index >= 15 is 0 Å². The van der Waals surface area contributed by atoms with Crippen molar-refractivity contribution in [3.8, 4) is 0 Å². The number of benzene rings is 1. The summed E-state index contributed by atoms with van der Waals surface area (Å²) < 4.78 is 40.1.